The van der Waals surface area contributed by atoms with E-state index in [9.17, 15) is 4.79 Å². The van der Waals surface area contributed by atoms with Crippen LogP contribution >= 0.6 is 0 Å². The Balaban J connectivity index is 3.78. The maximum absolute atomic E-state index is 10.8. The van der Waals surface area contributed by atoms with Gasteiger partial charge < -0.3 is 14.2 Å². The summed E-state index contributed by atoms with van der Waals surface area (Å²) in [6.45, 7) is 11.4. The number of ether oxygens (including phenoxy) is 3. The highest BCUT2D eigenvalue weighted by Gasteiger charge is 2.28. The lowest BCUT2D eigenvalue weighted by molar-refractivity contribution is -0.177. The Kier molecular flexibility index (Phi) is 11.7. The zero-order chi connectivity index (χ0) is 15.3. The molecule has 0 spiro atoms. The molecule has 0 aliphatic heterocycles. The van der Waals surface area contributed by atoms with Crippen molar-refractivity contribution in [3.05, 3.63) is 12.7 Å². The second-order valence-electron chi connectivity index (χ2n) is 4.67. The Morgan fingerprint density at radius 1 is 1.15 bits per heavy atom. The van der Waals surface area contributed by atoms with Crippen molar-refractivity contribution < 1.29 is 19.0 Å². The van der Waals surface area contributed by atoms with Crippen LogP contribution in [0.4, 0.5) is 0 Å². The molecule has 0 saturated heterocycles. The number of rotatable bonds is 13. The third kappa shape index (κ3) is 8.50. The number of unbranched alkanes of at least 4 members (excludes halogenated alkanes) is 2. The van der Waals surface area contributed by atoms with Gasteiger partial charge in [0.15, 0.2) is 0 Å². The third-order valence-electron chi connectivity index (χ3n) is 3.22. The van der Waals surface area contributed by atoms with E-state index in [1.807, 2.05) is 13.8 Å². The van der Waals surface area contributed by atoms with Crippen molar-refractivity contribution in [3.63, 3.8) is 0 Å². The predicted molar refractivity (Wildman–Crippen MR) is 84.6 cm³/mol. The van der Waals surface area contributed by atoms with Crippen LogP contribution in [0, 0.1) is 0 Å². The van der Waals surface area contributed by atoms with E-state index in [0.29, 0.717) is 19.8 Å². The molecular weight excluding hydrogens is 272 g/mol. The van der Waals surface area contributed by atoms with Crippen LogP contribution in [0.25, 0.3) is 0 Å². The number of esters is 1. The first-order valence-electron chi connectivity index (χ1n) is 7.71. The molecule has 0 rings (SSSR count). The van der Waals surface area contributed by atoms with Crippen LogP contribution in [-0.2, 0) is 19.0 Å². The summed E-state index contributed by atoms with van der Waals surface area (Å²) in [4.78, 5) is 10.8. The maximum atomic E-state index is 10.8. The van der Waals surface area contributed by atoms with Crippen LogP contribution in [-0.4, -0.2) is 40.7 Å². The Labute approximate surface area is 125 Å². The van der Waals surface area contributed by atoms with Crippen molar-refractivity contribution in [1.29, 1.82) is 0 Å². The molecule has 0 aromatic rings. The predicted octanol–water partition coefficient (Wildman–Crippen LogP) is 2.61. The molecule has 0 heterocycles. The van der Waals surface area contributed by atoms with Crippen LogP contribution in [0.2, 0.25) is 6.04 Å². The highest BCUT2D eigenvalue weighted by atomic mass is 28.2. The highest BCUT2D eigenvalue weighted by molar-refractivity contribution is 6.38. The first-order valence-corrected chi connectivity index (χ1v) is 9.41. The first kappa shape index (κ1) is 19.3. The maximum Gasteiger partial charge on any atom is 0.330 e. The molecule has 0 amide bonds. The largest absolute Gasteiger partial charge is 0.463 e. The molecule has 118 valence electrons. The minimum Gasteiger partial charge on any atom is -0.463 e. The van der Waals surface area contributed by atoms with Gasteiger partial charge in [0.25, 0.3) is 0 Å². The van der Waals surface area contributed by atoms with Crippen molar-refractivity contribution in [2.24, 2.45) is 0 Å². The second-order valence-corrected chi connectivity index (χ2v) is 6.95. The van der Waals surface area contributed by atoms with Gasteiger partial charge >= 0.3 is 5.97 Å². The van der Waals surface area contributed by atoms with Crippen molar-refractivity contribution in [2.75, 3.05) is 19.8 Å². The van der Waals surface area contributed by atoms with Crippen molar-refractivity contribution in [3.8, 4) is 0 Å². The van der Waals surface area contributed by atoms with Gasteiger partial charge in [0.1, 0.15) is 5.41 Å². The van der Waals surface area contributed by atoms with Gasteiger partial charge in [-0.1, -0.05) is 32.4 Å². The number of carbonyl (C=O) groups excluding carboxylic acids is 1. The molecule has 0 bridgehead atoms. The van der Waals surface area contributed by atoms with Gasteiger partial charge in [-0.3, -0.25) is 0 Å². The minimum absolute atomic E-state index is 0.279. The molecule has 0 unspecified atom stereocenters. The summed E-state index contributed by atoms with van der Waals surface area (Å²) in [5.41, 5.74) is -0.279. The topological polar surface area (TPSA) is 44.8 Å². The SMILES string of the molecule is C=CC(=O)OCCCCC[SiH2]C(CC)(OCC)OCC. The summed E-state index contributed by atoms with van der Waals surface area (Å²) >= 11 is 0. The highest BCUT2D eigenvalue weighted by Crippen LogP contribution is 2.19. The lowest BCUT2D eigenvalue weighted by Gasteiger charge is -2.32. The molecule has 0 radical (unpaired) electrons. The van der Waals surface area contributed by atoms with E-state index < -0.39 is 9.52 Å². The van der Waals surface area contributed by atoms with Crippen LogP contribution in [0.3, 0.4) is 0 Å². The molecule has 0 N–H and O–H groups in total. The summed E-state index contributed by atoms with van der Waals surface area (Å²) in [5.74, 6) is -0.336. The molecule has 0 aliphatic carbocycles. The van der Waals surface area contributed by atoms with E-state index in [0.717, 1.165) is 25.7 Å². The summed E-state index contributed by atoms with van der Waals surface area (Å²) in [6.07, 6.45) is 5.27. The molecule has 0 saturated carbocycles. The molecule has 0 aliphatic rings. The number of carbonyl (C=O) groups is 1. The van der Waals surface area contributed by atoms with Gasteiger partial charge in [0.2, 0.25) is 0 Å². The Morgan fingerprint density at radius 3 is 2.30 bits per heavy atom. The fourth-order valence-electron chi connectivity index (χ4n) is 2.17. The number of hydrogen-bond acceptors (Lipinski definition) is 4. The van der Waals surface area contributed by atoms with Crippen LogP contribution in [0.15, 0.2) is 12.7 Å². The van der Waals surface area contributed by atoms with E-state index in [2.05, 4.69) is 13.5 Å². The standard InChI is InChI=1S/C15H30O4Si/c1-5-14(16)17-12-10-9-11-13-20-15(6-2,18-7-3)19-8-4/h5H,1,6-13,20H2,2-4H3. The van der Waals surface area contributed by atoms with Gasteiger partial charge in [-0.05, 0) is 26.7 Å². The fourth-order valence-corrected chi connectivity index (χ4v) is 4.37. The average molecular weight is 302 g/mol. The average Bonchev–Trinajstić information content (AvgIpc) is 2.46. The van der Waals surface area contributed by atoms with Crippen molar-refractivity contribution >= 4 is 15.5 Å². The zero-order valence-electron chi connectivity index (χ0n) is 13.3. The van der Waals surface area contributed by atoms with Gasteiger partial charge in [-0.25, -0.2) is 4.79 Å². The molecule has 0 fully saturated rings. The summed E-state index contributed by atoms with van der Waals surface area (Å²) in [6, 6.07) is 1.20. The van der Waals surface area contributed by atoms with Gasteiger partial charge in [0.05, 0.1) is 16.1 Å². The van der Waals surface area contributed by atoms with Gasteiger partial charge in [0, 0.05) is 19.3 Å². The molecule has 4 nitrogen and oxygen atoms in total. The monoisotopic (exact) mass is 302 g/mol. The van der Waals surface area contributed by atoms with E-state index in [1.54, 1.807) is 0 Å². The Hall–Kier alpha value is -0.653. The minimum atomic E-state index is -0.426. The molecule has 0 atom stereocenters. The molecule has 0 aromatic heterocycles. The van der Waals surface area contributed by atoms with Crippen molar-refractivity contribution in [1.82, 2.24) is 0 Å². The van der Waals surface area contributed by atoms with E-state index in [4.69, 9.17) is 14.2 Å². The Bertz CT molecular complexity index is 263. The zero-order valence-corrected chi connectivity index (χ0v) is 14.7. The normalized spacial score (nSPS) is 11.9. The Morgan fingerprint density at radius 2 is 1.80 bits per heavy atom. The van der Waals surface area contributed by atoms with Crippen LogP contribution in [0.1, 0.15) is 46.5 Å². The summed E-state index contributed by atoms with van der Waals surface area (Å²) < 4.78 is 16.6. The van der Waals surface area contributed by atoms with Crippen molar-refractivity contribution in [2.45, 2.75) is 57.9 Å². The quantitative estimate of drug-likeness (QED) is 0.172. The van der Waals surface area contributed by atoms with Crippen LogP contribution < -0.4 is 0 Å². The van der Waals surface area contributed by atoms with E-state index in [1.165, 1.54) is 12.1 Å². The second kappa shape index (κ2) is 12.1. The van der Waals surface area contributed by atoms with Gasteiger partial charge in [-0.15, -0.1) is 0 Å². The smallest absolute Gasteiger partial charge is 0.330 e. The molecule has 0 aromatic carbocycles. The van der Waals surface area contributed by atoms with E-state index >= 15 is 0 Å². The first-order chi connectivity index (χ1) is 9.64. The lowest BCUT2D eigenvalue weighted by Crippen LogP contribution is -2.41. The lowest BCUT2D eigenvalue weighted by atomic mass is 10.3. The summed E-state index contributed by atoms with van der Waals surface area (Å²) in [5, 5.41) is 0. The fraction of sp³-hybridized carbons (Fsp3) is 0.800. The molecule has 5 heteroatoms. The third-order valence-corrected chi connectivity index (χ3v) is 5.74. The van der Waals surface area contributed by atoms with Crippen LogP contribution in [0.5, 0.6) is 0 Å². The van der Waals surface area contributed by atoms with Gasteiger partial charge in [-0.2, -0.15) is 0 Å². The number of hydrogen-bond donors (Lipinski definition) is 0. The molecular formula is C15H30O4Si. The summed E-state index contributed by atoms with van der Waals surface area (Å²) in [7, 11) is -0.426. The van der Waals surface area contributed by atoms with E-state index in [-0.39, 0.29) is 11.4 Å². The molecule has 20 heavy (non-hydrogen) atoms.